The van der Waals surface area contributed by atoms with E-state index in [1.807, 2.05) is 19.1 Å². The van der Waals surface area contributed by atoms with E-state index in [0.29, 0.717) is 34.7 Å². The van der Waals surface area contributed by atoms with Crippen LogP contribution < -0.4 is 25.8 Å². The summed E-state index contributed by atoms with van der Waals surface area (Å²) in [5.74, 6) is -2.66. The largest absolute Gasteiger partial charge is 0.454 e. The number of rotatable bonds is 5. The maximum atomic E-state index is 13.9. The van der Waals surface area contributed by atoms with Crippen molar-refractivity contribution in [2.75, 3.05) is 12.1 Å². The van der Waals surface area contributed by atoms with Crippen LogP contribution in [-0.4, -0.2) is 41.4 Å². The second-order valence-electron chi connectivity index (χ2n) is 9.33. The number of carbonyl (C=O) groups is 4. The first-order valence-corrected chi connectivity index (χ1v) is 11.6. The average Bonchev–Trinajstić information content (AvgIpc) is 3.55. The zero-order valence-electron chi connectivity index (χ0n) is 19.0. The Morgan fingerprint density at radius 3 is 2.71 bits per heavy atom. The van der Waals surface area contributed by atoms with Gasteiger partial charge < -0.3 is 20.5 Å². The summed E-state index contributed by atoms with van der Waals surface area (Å²) in [4.78, 5) is 54.1. The van der Waals surface area contributed by atoms with Gasteiger partial charge >= 0.3 is 0 Å². The Hall–Kier alpha value is -3.92. The number of imide groups is 1. The predicted molar refractivity (Wildman–Crippen MR) is 122 cm³/mol. The third-order valence-corrected chi connectivity index (χ3v) is 7.51. The van der Waals surface area contributed by atoms with Gasteiger partial charge in [-0.15, -0.1) is 0 Å². The lowest BCUT2D eigenvalue weighted by atomic mass is 9.76. The van der Waals surface area contributed by atoms with E-state index in [2.05, 4.69) is 10.6 Å². The summed E-state index contributed by atoms with van der Waals surface area (Å²) in [6, 6.07) is 10.0. The van der Waals surface area contributed by atoms with Gasteiger partial charge in [-0.25, -0.2) is 0 Å². The first kappa shape index (κ1) is 21.6. The number of carbonyl (C=O) groups excluding carboxylic acids is 4. The van der Waals surface area contributed by atoms with Gasteiger partial charge in [-0.05, 0) is 29.7 Å². The average molecular weight is 476 g/mol. The molecule has 0 aromatic heterocycles. The third kappa shape index (κ3) is 2.92. The molecule has 2 aromatic rings. The Labute approximate surface area is 200 Å². The van der Waals surface area contributed by atoms with Crippen LogP contribution in [0.3, 0.4) is 0 Å². The minimum absolute atomic E-state index is 0.0180. The van der Waals surface area contributed by atoms with Gasteiger partial charge in [-0.2, -0.15) is 0 Å². The smallest absolute Gasteiger partial charge is 0.250 e. The molecule has 4 heterocycles. The monoisotopic (exact) mass is 476 g/mol. The van der Waals surface area contributed by atoms with Crippen molar-refractivity contribution in [1.82, 2.24) is 10.2 Å². The van der Waals surface area contributed by atoms with Crippen molar-refractivity contribution in [1.29, 1.82) is 0 Å². The molecule has 0 aliphatic carbocycles. The van der Waals surface area contributed by atoms with Crippen LogP contribution in [0.2, 0.25) is 0 Å². The number of anilines is 1. The lowest BCUT2D eigenvalue weighted by Gasteiger charge is -2.29. The van der Waals surface area contributed by atoms with Crippen molar-refractivity contribution < 1.29 is 28.7 Å². The Morgan fingerprint density at radius 1 is 1.14 bits per heavy atom. The summed E-state index contributed by atoms with van der Waals surface area (Å²) in [5.41, 5.74) is 6.93. The van der Waals surface area contributed by atoms with Crippen LogP contribution in [0.5, 0.6) is 11.5 Å². The van der Waals surface area contributed by atoms with Crippen molar-refractivity contribution in [2.24, 2.45) is 17.6 Å². The van der Waals surface area contributed by atoms with Crippen molar-refractivity contribution in [3.8, 4) is 11.5 Å². The van der Waals surface area contributed by atoms with Gasteiger partial charge in [-0.1, -0.05) is 31.2 Å². The molecule has 0 unspecified atom stereocenters. The zero-order valence-corrected chi connectivity index (χ0v) is 19.0. The molecule has 4 amide bonds. The van der Waals surface area contributed by atoms with Gasteiger partial charge in [0.25, 0.3) is 0 Å². The van der Waals surface area contributed by atoms with Crippen LogP contribution in [-0.2, 0) is 37.7 Å². The Morgan fingerprint density at radius 2 is 1.94 bits per heavy atom. The molecule has 2 fully saturated rings. The normalized spacial score (nSPS) is 28.0. The fourth-order valence-electron chi connectivity index (χ4n) is 6.01. The van der Waals surface area contributed by atoms with Crippen molar-refractivity contribution in [3.63, 3.8) is 0 Å². The molecule has 6 rings (SSSR count). The molecule has 35 heavy (non-hydrogen) atoms. The highest BCUT2D eigenvalue weighted by atomic mass is 16.7. The van der Waals surface area contributed by atoms with E-state index in [1.165, 1.54) is 4.90 Å². The number of fused-ring (bicyclic) bond motifs is 5. The van der Waals surface area contributed by atoms with E-state index in [-0.39, 0.29) is 19.8 Å². The van der Waals surface area contributed by atoms with E-state index in [4.69, 9.17) is 15.2 Å². The van der Waals surface area contributed by atoms with Crippen molar-refractivity contribution in [3.05, 3.63) is 53.1 Å². The van der Waals surface area contributed by atoms with Crippen LogP contribution in [0.1, 0.15) is 30.0 Å². The number of nitrogens with two attached hydrogens (primary N) is 1. The van der Waals surface area contributed by atoms with Gasteiger partial charge in [-0.3, -0.25) is 29.4 Å². The van der Waals surface area contributed by atoms with Crippen molar-refractivity contribution >= 4 is 29.3 Å². The SMILES string of the molecule is CCc1cccc2c1NC(=O)[C@]21N[C@@H](CC(N)=O)[C@H]2C(=O)N(Cc3ccc4c(c3)OCO4)C(=O)[C@@H]21. The molecule has 4 N–H and O–H groups in total. The molecule has 1 spiro atoms. The highest BCUT2D eigenvalue weighted by Crippen LogP contribution is 2.54. The minimum Gasteiger partial charge on any atom is -0.454 e. The number of amides is 4. The van der Waals surface area contributed by atoms with E-state index in [0.717, 1.165) is 5.56 Å². The van der Waals surface area contributed by atoms with Gasteiger partial charge in [0.15, 0.2) is 11.5 Å². The number of para-hydroxylation sites is 1. The van der Waals surface area contributed by atoms with Crippen LogP contribution in [0.25, 0.3) is 0 Å². The number of nitrogens with one attached hydrogen (secondary N) is 2. The minimum atomic E-state index is -1.46. The lowest BCUT2D eigenvalue weighted by Crippen LogP contribution is -2.53. The number of likely N-dealkylation sites (tertiary alicyclic amines) is 1. The molecule has 0 bridgehead atoms. The van der Waals surface area contributed by atoms with Crippen LogP contribution in [0.4, 0.5) is 5.69 Å². The Kier molecular flexibility index (Phi) is 4.65. The quantitative estimate of drug-likeness (QED) is 0.542. The number of primary amides is 1. The summed E-state index contributed by atoms with van der Waals surface area (Å²) < 4.78 is 10.8. The lowest BCUT2D eigenvalue weighted by molar-refractivity contribution is -0.143. The second-order valence-corrected chi connectivity index (χ2v) is 9.33. The number of hydrogen-bond donors (Lipinski definition) is 3. The highest BCUT2D eigenvalue weighted by molar-refractivity contribution is 6.15. The number of benzene rings is 2. The molecule has 10 nitrogen and oxygen atoms in total. The first-order chi connectivity index (χ1) is 16.8. The molecular formula is C25H24N4O6. The number of hydrogen-bond acceptors (Lipinski definition) is 7. The number of ether oxygens (including phenoxy) is 2. The van der Waals surface area contributed by atoms with Crippen molar-refractivity contribution in [2.45, 2.75) is 37.9 Å². The summed E-state index contributed by atoms with van der Waals surface area (Å²) in [6.45, 7) is 2.11. The van der Waals surface area contributed by atoms with E-state index >= 15 is 0 Å². The number of aryl methyl sites for hydroxylation is 1. The summed E-state index contributed by atoms with van der Waals surface area (Å²) >= 11 is 0. The molecule has 0 saturated carbocycles. The second kappa shape index (κ2) is 7.54. The fourth-order valence-corrected chi connectivity index (χ4v) is 6.01. The van der Waals surface area contributed by atoms with Crippen LogP contribution >= 0.6 is 0 Å². The molecule has 4 atom stereocenters. The van der Waals surface area contributed by atoms with Gasteiger partial charge in [0, 0.05) is 23.7 Å². The maximum Gasteiger partial charge on any atom is 0.250 e. The molecule has 4 aliphatic rings. The molecule has 0 radical (unpaired) electrons. The number of nitrogens with zero attached hydrogens (tertiary/aromatic N) is 1. The molecule has 4 aliphatic heterocycles. The topological polar surface area (TPSA) is 140 Å². The highest BCUT2D eigenvalue weighted by Gasteiger charge is 2.70. The standard InChI is InChI=1S/C25H24N4O6/c1-2-13-4-3-5-14-21(13)27-24(33)25(14)20-19(15(28-25)9-18(26)30)22(31)29(23(20)32)10-12-6-7-16-17(8-12)35-11-34-16/h3-8,15,19-20,28H,2,9-11H2,1H3,(H2,26,30)(H,27,33)/t15-,19+,20+,25-/m0/s1. The molecule has 2 aromatic carbocycles. The van der Waals surface area contributed by atoms with E-state index < -0.39 is 47.0 Å². The predicted octanol–water partition coefficient (Wildman–Crippen LogP) is 0.774. The Bertz CT molecular complexity index is 1310. The van der Waals surface area contributed by atoms with Crippen LogP contribution in [0, 0.1) is 11.8 Å². The zero-order chi connectivity index (χ0) is 24.5. The molecule has 2 saturated heterocycles. The molecule has 10 heteroatoms. The van der Waals surface area contributed by atoms with Gasteiger partial charge in [0.1, 0.15) is 5.54 Å². The van der Waals surface area contributed by atoms with Crippen LogP contribution in [0.15, 0.2) is 36.4 Å². The fraction of sp³-hybridized carbons (Fsp3) is 0.360. The first-order valence-electron chi connectivity index (χ1n) is 11.6. The third-order valence-electron chi connectivity index (χ3n) is 7.51. The van der Waals surface area contributed by atoms with E-state index in [9.17, 15) is 19.2 Å². The summed E-state index contributed by atoms with van der Waals surface area (Å²) in [5, 5.41) is 6.15. The van der Waals surface area contributed by atoms with Gasteiger partial charge in [0.05, 0.1) is 18.4 Å². The van der Waals surface area contributed by atoms with Gasteiger partial charge in [0.2, 0.25) is 30.4 Å². The molecular weight excluding hydrogens is 452 g/mol. The maximum absolute atomic E-state index is 13.9. The summed E-state index contributed by atoms with van der Waals surface area (Å²) in [6.07, 6.45) is 0.511. The van der Waals surface area contributed by atoms with E-state index in [1.54, 1.807) is 24.3 Å². The Balaban J connectivity index is 1.42. The molecule has 180 valence electrons. The summed E-state index contributed by atoms with van der Waals surface area (Å²) in [7, 11) is 0.